The summed E-state index contributed by atoms with van der Waals surface area (Å²) in [6.45, 7) is 2.14. The number of hydrogen-bond donors (Lipinski definition) is 1. The van der Waals surface area contributed by atoms with Crippen LogP contribution in [0.25, 0.3) is 0 Å². The average Bonchev–Trinajstić information content (AvgIpc) is 2.57. The fraction of sp³-hybridized carbons (Fsp3) is 0.368. The molecule has 0 fully saturated rings. The van der Waals surface area contributed by atoms with Crippen LogP contribution in [-0.4, -0.2) is 13.0 Å². The summed E-state index contributed by atoms with van der Waals surface area (Å²) in [7, 11) is -4.55. The van der Waals surface area contributed by atoms with Gasteiger partial charge in [-0.2, -0.15) is 8.42 Å². The fourth-order valence-electron chi connectivity index (χ4n) is 2.61. The van der Waals surface area contributed by atoms with Crippen LogP contribution in [0.15, 0.2) is 47.4 Å². The van der Waals surface area contributed by atoms with Crippen molar-refractivity contribution in [2.24, 2.45) is 0 Å². The van der Waals surface area contributed by atoms with Gasteiger partial charge < -0.3 is 9.84 Å². The van der Waals surface area contributed by atoms with Gasteiger partial charge >= 0.3 is 51.4 Å². The molecular formula is C19H23KO5S. The van der Waals surface area contributed by atoms with Crippen molar-refractivity contribution in [3.8, 4) is 17.2 Å². The first-order valence-corrected chi connectivity index (χ1v) is 9.90. The second-order valence-electron chi connectivity index (χ2n) is 5.94. The Balaban J connectivity index is 0.00000338. The molecular weight excluding hydrogens is 379 g/mol. The Morgan fingerprint density at radius 3 is 2.27 bits per heavy atom. The number of para-hydroxylation sites is 1. The van der Waals surface area contributed by atoms with Gasteiger partial charge in [0, 0.05) is 0 Å². The molecule has 0 aliphatic rings. The van der Waals surface area contributed by atoms with E-state index in [4.69, 9.17) is 4.74 Å². The van der Waals surface area contributed by atoms with Gasteiger partial charge in [0.05, 0.1) is 0 Å². The Kier molecular flexibility index (Phi) is 10.4. The van der Waals surface area contributed by atoms with Crippen LogP contribution in [0.2, 0.25) is 0 Å². The maximum Gasteiger partial charge on any atom is 1.00 e. The van der Waals surface area contributed by atoms with E-state index in [9.17, 15) is 18.1 Å². The normalized spacial score (nSPS) is 11.0. The Bertz CT molecular complexity index is 791. The molecule has 0 heterocycles. The fourth-order valence-corrected chi connectivity index (χ4v) is 3.22. The third-order valence-electron chi connectivity index (χ3n) is 3.95. The molecule has 1 N–H and O–H groups in total. The van der Waals surface area contributed by atoms with Crippen molar-refractivity contribution in [3.63, 3.8) is 0 Å². The Hall–Kier alpha value is -0.414. The van der Waals surface area contributed by atoms with Gasteiger partial charge in [-0.3, -0.25) is 4.55 Å². The van der Waals surface area contributed by atoms with Gasteiger partial charge in [-0.25, -0.2) is 0 Å². The van der Waals surface area contributed by atoms with E-state index in [1.807, 2.05) is 0 Å². The minimum atomic E-state index is -4.55. The van der Waals surface area contributed by atoms with Crippen molar-refractivity contribution >= 4 is 10.1 Å². The molecule has 5 nitrogen and oxygen atoms in total. The van der Waals surface area contributed by atoms with Crippen LogP contribution in [0.4, 0.5) is 0 Å². The molecule has 0 bridgehead atoms. The Morgan fingerprint density at radius 2 is 1.65 bits per heavy atom. The third kappa shape index (κ3) is 6.96. The first-order chi connectivity index (χ1) is 11.9. The molecule has 0 saturated carbocycles. The van der Waals surface area contributed by atoms with Gasteiger partial charge in [0.25, 0.3) is 10.1 Å². The monoisotopic (exact) mass is 402 g/mol. The molecule has 2 rings (SSSR count). The first-order valence-electron chi connectivity index (χ1n) is 8.46. The minimum Gasteiger partial charge on any atom is -0.870 e. The number of unbranched alkanes of at least 4 members (excludes halogenated alkanes) is 4. The summed E-state index contributed by atoms with van der Waals surface area (Å²) in [5, 5.41) is 12.7. The van der Waals surface area contributed by atoms with Crippen LogP contribution in [0.1, 0.15) is 44.6 Å². The van der Waals surface area contributed by atoms with E-state index in [1.54, 1.807) is 30.3 Å². The zero-order valence-corrected chi connectivity index (χ0v) is 19.2. The maximum absolute atomic E-state index is 12.7. The molecule has 0 radical (unpaired) electrons. The van der Waals surface area contributed by atoms with Crippen LogP contribution in [0.5, 0.6) is 17.2 Å². The van der Waals surface area contributed by atoms with Gasteiger partial charge in [-0.15, -0.1) is 0 Å². The van der Waals surface area contributed by atoms with Crippen LogP contribution >= 0.6 is 0 Å². The number of aryl methyl sites for hydroxylation is 1. The summed E-state index contributed by atoms with van der Waals surface area (Å²) in [6.07, 6.45) is 5.84. The molecule has 0 unspecified atom stereocenters. The summed E-state index contributed by atoms with van der Waals surface area (Å²) in [6, 6.07) is 11.1. The van der Waals surface area contributed by atoms with Crippen molar-refractivity contribution in [1.82, 2.24) is 0 Å². The molecule has 0 amide bonds. The van der Waals surface area contributed by atoms with Gasteiger partial charge in [0.2, 0.25) is 0 Å². The van der Waals surface area contributed by atoms with Crippen molar-refractivity contribution in [2.45, 2.75) is 50.3 Å². The summed E-state index contributed by atoms with van der Waals surface area (Å²) in [4.78, 5) is -0.504. The van der Waals surface area contributed by atoms with Crippen LogP contribution in [0.3, 0.4) is 0 Å². The molecule has 2 aromatic carbocycles. The Labute approximate surface area is 198 Å². The molecule has 0 atom stereocenters. The molecule has 0 saturated heterocycles. The molecule has 0 spiro atoms. The first kappa shape index (κ1) is 23.6. The number of hydrogen-bond acceptors (Lipinski definition) is 4. The Morgan fingerprint density at radius 1 is 1.00 bits per heavy atom. The molecule has 2 aromatic rings. The SMILES string of the molecule is CCCCCCCc1ccc(S(=O)(=O)O)c(Oc2ccccc2)c1[O-].[K+]. The van der Waals surface area contributed by atoms with Crippen molar-refractivity contribution in [1.29, 1.82) is 0 Å². The summed E-state index contributed by atoms with van der Waals surface area (Å²) < 4.78 is 38.0. The summed E-state index contributed by atoms with van der Waals surface area (Å²) in [5.41, 5.74) is 0.495. The quantitative estimate of drug-likeness (QED) is 0.388. The second-order valence-corrected chi connectivity index (χ2v) is 7.33. The predicted octanol–water partition coefficient (Wildman–Crippen LogP) is 1.32. The van der Waals surface area contributed by atoms with E-state index < -0.39 is 20.8 Å². The summed E-state index contributed by atoms with van der Waals surface area (Å²) >= 11 is 0. The van der Waals surface area contributed by atoms with Crippen LogP contribution in [0, 0.1) is 0 Å². The largest absolute Gasteiger partial charge is 1.00 e. The average molecular weight is 403 g/mol. The van der Waals surface area contributed by atoms with E-state index >= 15 is 0 Å². The van der Waals surface area contributed by atoms with Gasteiger partial charge in [0.1, 0.15) is 16.4 Å². The number of ether oxygens (including phenoxy) is 1. The van der Waals surface area contributed by atoms with E-state index in [0.717, 1.165) is 32.1 Å². The second kappa shape index (κ2) is 11.4. The van der Waals surface area contributed by atoms with Crippen LogP contribution in [-0.2, 0) is 16.5 Å². The summed E-state index contributed by atoms with van der Waals surface area (Å²) in [5.74, 6) is -0.501. The van der Waals surface area contributed by atoms with Crippen molar-refractivity contribution in [2.75, 3.05) is 0 Å². The van der Waals surface area contributed by atoms with E-state index in [1.165, 1.54) is 12.1 Å². The molecule has 26 heavy (non-hydrogen) atoms. The predicted molar refractivity (Wildman–Crippen MR) is 94.7 cm³/mol. The van der Waals surface area contributed by atoms with E-state index in [-0.39, 0.29) is 57.1 Å². The van der Waals surface area contributed by atoms with Gasteiger partial charge in [-0.1, -0.05) is 68.2 Å². The zero-order chi connectivity index (χ0) is 18.3. The van der Waals surface area contributed by atoms with Crippen molar-refractivity contribution in [3.05, 3.63) is 48.0 Å². The van der Waals surface area contributed by atoms with Crippen LogP contribution < -0.4 is 61.2 Å². The molecule has 0 aromatic heterocycles. The van der Waals surface area contributed by atoms with E-state index in [2.05, 4.69) is 6.92 Å². The molecule has 7 heteroatoms. The minimum absolute atomic E-state index is 0. The topological polar surface area (TPSA) is 86.7 Å². The third-order valence-corrected chi connectivity index (χ3v) is 4.83. The molecule has 0 aliphatic heterocycles. The van der Waals surface area contributed by atoms with Gasteiger partial charge in [0.15, 0.2) is 0 Å². The standard InChI is InChI=1S/C19H24O5S.K/c1-2-3-4-5-7-10-15-13-14-17(25(21,22)23)19(18(15)20)24-16-11-8-6-9-12-16;/h6,8-9,11-14,20H,2-5,7,10H2,1H3,(H,21,22,23);/q;+1/p-1. The van der Waals surface area contributed by atoms with E-state index in [0.29, 0.717) is 17.7 Å². The molecule has 136 valence electrons. The maximum atomic E-state index is 12.7. The van der Waals surface area contributed by atoms with Gasteiger partial charge in [-0.05, 0) is 31.0 Å². The molecule has 0 aliphatic carbocycles. The number of benzene rings is 2. The van der Waals surface area contributed by atoms with Crippen molar-refractivity contribution < 1.29 is 74.2 Å². The zero-order valence-electron chi connectivity index (χ0n) is 15.3. The number of rotatable bonds is 9. The smallest absolute Gasteiger partial charge is 0.870 e.